The normalized spacial score (nSPS) is 14.4. The molecule has 3 aromatic carbocycles. The SMILES string of the molecule is Clc1ccc(/C=N/Nc2ncnc3c2c(-c2ccccc2)c(-c2ccccc2)n3C2CCCCC2)cc1. The Balaban J connectivity index is 1.57. The average Bonchev–Trinajstić information content (AvgIpc) is 3.32. The maximum Gasteiger partial charge on any atom is 0.159 e. The van der Waals surface area contributed by atoms with E-state index >= 15 is 0 Å². The van der Waals surface area contributed by atoms with E-state index in [9.17, 15) is 0 Å². The van der Waals surface area contributed by atoms with E-state index in [1.54, 1.807) is 12.5 Å². The molecule has 0 atom stereocenters. The lowest BCUT2D eigenvalue weighted by molar-refractivity contribution is 0.362. The summed E-state index contributed by atoms with van der Waals surface area (Å²) in [5.74, 6) is 0.695. The quantitative estimate of drug-likeness (QED) is 0.186. The summed E-state index contributed by atoms with van der Waals surface area (Å²) in [6.07, 6.45) is 9.50. The number of hydrogen-bond acceptors (Lipinski definition) is 4. The van der Waals surface area contributed by atoms with E-state index in [1.807, 2.05) is 24.3 Å². The van der Waals surface area contributed by atoms with Gasteiger partial charge in [-0.05, 0) is 41.7 Å². The summed E-state index contributed by atoms with van der Waals surface area (Å²) >= 11 is 6.03. The maximum atomic E-state index is 6.03. The molecule has 6 rings (SSSR count). The number of nitrogens with one attached hydrogen (secondary N) is 1. The fourth-order valence-electron chi connectivity index (χ4n) is 5.40. The highest BCUT2D eigenvalue weighted by atomic mass is 35.5. The van der Waals surface area contributed by atoms with E-state index in [4.69, 9.17) is 16.6 Å². The Morgan fingerprint density at radius 1 is 0.811 bits per heavy atom. The van der Waals surface area contributed by atoms with Crippen molar-refractivity contribution < 1.29 is 0 Å². The summed E-state index contributed by atoms with van der Waals surface area (Å²) in [6.45, 7) is 0. The summed E-state index contributed by atoms with van der Waals surface area (Å²) < 4.78 is 2.47. The number of rotatable bonds is 6. The summed E-state index contributed by atoms with van der Waals surface area (Å²) in [4.78, 5) is 9.53. The van der Waals surface area contributed by atoms with Crippen molar-refractivity contribution >= 4 is 34.7 Å². The Morgan fingerprint density at radius 3 is 2.19 bits per heavy atom. The van der Waals surface area contributed by atoms with Gasteiger partial charge in [0.05, 0.1) is 17.3 Å². The predicted molar refractivity (Wildman–Crippen MR) is 153 cm³/mol. The van der Waals surface area contributed by atoms with Gasteiger partial charge in [0.1, 0.15) is 12.0 Å². The van der Waals surface area contributed by atoms with Crippen LogP contribution in [0.4, 0.5) is 5.82 Å². The van der Waals surface area contributed by atoms with Crippen molar-refractivity contribution in [3.05, 3.63) is 102 Å². The van der Waals surface area contributed by atoms with Gasteiger partial charge >= 0.3 is 0 Å². The van der Waals surface area contributed by atoms with Gasteiger partial charge in [0.15, 0.2) is 5.82 Å². The van der Waals surface area contributed by atoms with Crippen LogP contribution >= 0.6 is 11.6 Å². The molecule has 0 radical (unpaired) electrons. The predicted octanol–water partition coefficient (Wildman–Crippen LogP) is 8.37. The second-order valence-electron chi connectivity index (χ2n) is 9.46. The molecule has 6 heteroatoms. The summed E-state index contributed by atoms with van der Waals surface area (Å²) in [5, 5.41) is 6.23. The molecule has 2 heterocycles. The number of halogens is 1. The molecule has 37 heavy (non-hydrogen) atoms. The molecule has 1 saturated carbocycles. The van der Waals surface area contributed by atoms with Crippen molar-refractivity contribution in [2.75, 3.05) is 5.43 Å². The van der Waals surface area contributed by atoms with Crippen LogP contribution < -0.4 is 5.43 Å². The van der Waals surface area contributed by atoms with Crippen LogP contribution in [-0.2, 0) is 0 Å². The molecular weight excluding hydrogens is 478 g/mol. The van der Waals surface area contributed by atoms with E-state index in [2.05, 4.69) is 80.7 Å². The molecule has 5 nitrogen and oxygen atoms in total. The smallest absolute Gasteiger partial charge is 0.159 e. The number of aromatic nitrogens is 3. The van der Waals surface area contributed by atoms with Gasteiger partial charge in [-0.1, -0.05) is 104 Å². The number of fused-ring (bicyclic) bond motifs is 1. The summed E-state index contributed by atoms with van der Waals surface area (Å²) in [7, 11) is 0. The number of nitrogens with zero attached hydrogens (tertiary/aromatic N) is 4. The molecule has 5 aromatic rings. The number of anilines is 1. The molecule has 0 unspecified atom stereocenters. The van der Waals surface area contributed by atoms with Crippen LogP contribution in [0.3, 0.4) is 0 Å². The zero-order chi connectivity index (χ0) is 25.0. The first-order valence-corrected chi connectivity index (χ1v) is 13.2. The third-order valence-electron chi connectivity index (χ3n) is 7.09. The van der Waals surface area contributed by atoms with Crippen LogP contribution in [0, 0.1) is 0 Å². The molecule has 0 spiro atoms. The monoisotopic (exact) mass is 505 g/mol. The van der Waals surface area contributed by atoms with E-state index in [1.165, 1.54) is 30.5 Å². The summed E-state index contributed by atoms with van der Waals surface area (Å²) in [5.41, 5.74) is 9.78. The molecule has 184 valence electrons. The van der Waals surface area contributed by atoms with Gasteiger partial charge in [0.25, 0.3) is 0 Å². The van der Waals surface area contributed by atoms with Gasteiger partial charge in [-0.25, -0.2) is 9.97 Å². The fourth-order valence-corrected chi connectivity index (χ4v) is 5.52. The number of hydrazone groups is 1. The Morgan fingerprint density at radius 2 is 1.49 bits per heavy atom. The van der Waals surface area contributed by atoms with Crippen molar-refractivity contribution in [1.82, 2.24) is 14.5 Å². The first kappa shape index (κ1) is 23.4. The Kier molecular flexibility index (Phi) is 6.70. The minimum atomic E-state index is 0.393. The van der Waals surface area contributed by atoms with Crippen LogP contribution in [0.1, 0.15) is 43.7 Å². The van der Waals surface area contributed by atoms with E-state index in [0.717, 1.165) is 40.6 Å². The van der Waals surface area contributed by atoms with Gasteiger partial charge in [0.2, 0.25) is 0 Å². The highest BCUT2D eigenvalue weighted by Crippen LogP contribution is 2.46. The zero-order valence-corrected chi connectivity index (χ0v) is 21.3. The lowest BCUT2D eigenvalue weighted by Gasteiger charge is -2.26. The van der Waals surface area contributed by atoms with Crippen LogP contribution in [0.5, 0.6) is 0 Å². The molecule has 0 saturated heterocycles. The maximum absolute atomic E-state index is 6.03. The molecule has 1 fully saturated rings. The van der Waals surface area contributed by atoms with E-state index in [-0.39, 0.29) is 0 Å². The lowest BCUT2D eigenvalue weighted by Crippen LogP contribution is -2.14. The first-order chi connectivity index (χ1) is 18.3. The van der Waals surface area contributed by atoms with E-state index in [0.29, 0.717) is 16.9 Å². The molecular formula is C31H28ClN5. The van der Waals surface area contributed by atoms with Gasteiger partial charge in [0, 0.05) is 16.6 Å². The van der Waals surface area contributed by atoms with Gasteiger partial charge < -0.3 is 4.57 Å². The standard InChI is InChI=1S/C31H28ClN5/c32-25-18-16-22(17-19-25)20-35-36-30-28-27(23-10-4-1-5-11-23)29(24-12-6-2-7-13-24)37(31(28)34-21-33-30)26-14-8-3-9-15-26/h1-2,4-7,10-13,16-21,26H,3,8-9,14-15H2,(H,33,34,36)/b35-20+. The lowest BCUT2D eigenvalue weighted by atomic mass is 9.94. The van der Waals surface area contributed by atoms with Crippen molar-refractivity contribution in [2.45, 2.75) is 38.1 Å². The van der Waals surface area contributed by atoms with Crippen molar-refractivity contribution in [3.63, 3.8) is 0 Å². The minimum absolute atomic E-state index is 0.393. The molecule has 1 aliphatic carbocycles. The molecule has 0 amide bonds. The van der Waals surface area contributed by atoms with Gasteiger partial charge in [-0.3, -0.25) is 5.43 Å². The van der Waals surface area contributed by atoms with Crippen LogP contribution in [-0.4, -0.2) is 20.7 Å². The Labute approximate surface area is 221 Å². The minimum Gasteiger partial charge on any atom is -0.321 e. The Hall–Kier alpha value is -3.96. The van der Waals surface area contributed by atoms with Crippen molar-refractivity contribution in [1.29, 1.82) is 0 Å². The third kappa shape index (κ3) is 4.75. The fraction of sp³-hybridized carbons (Fsp3) is 0.194. The first-order valence-electron chi connectivity index (χ1n) is 12.8. The third-order valence-corrected chi connectivity index (χ3v) is 7.34. The molecule has 1 N–H and O–H groups in total. The molecule has 2 aromatic heterocycles. The second kappa shape index (κ2) is 10.6. The van der Waals surface area contributed by atoms with Gasteiger partial charge in [-0.15, -0.1) is 0 Å². The molecule has 0 bridgehead atoms. The zero-order valence-electron chi connectivity index (χ0n) is 20.5. The van der Waals surface area contributed by atoms with Crippen LogP contribution in [0.2, 0.25) is 5.02 Å². The molecule has 1 aliphatic rings. The number of hydrogen-bond donors (Lipinski definition) is 1. The highest BCUT2D eigenvalue weighted by Gasteiger charge is 2.28. The number of benzene rings is 3. The van der Waals surface area contributed by atoms with Crippen LogP contribution in [0.25, 0.3) is 33.4 Å². The largest absolute Gasteiger partial charge is 0.321 e. The van der Waals surface area contributed by atoms with Crippen molar-refractivity contribution in [2.24, 2.45) is 5.10 Å². The van der Waals surface area contributed by atoms with Crippen LogP contribution in [0.15, 0.2) is 96.4 Å². The van der Waals surface area contributed by atoms with E-state index < -0.39 is 0 Å². The summed E-state index contributed by atoms with van der Waals surface area (Å²) in [6, 6.07) is 29.2. The molecule has 0 aliphatic heterocycles. The Bertz CT molecular complexity index is 1520. The highest BCUT2D eigenvalue weighted by molar-refractivity contribution is 6.30. The topological polar surface area (TPSA) is 55.1 Å². The second-order valence-corrected chi connectivity index (χ2v) is 9.90. The van der Waals surface area contributed by atoms with Crippen molar-refractivity contribution in [3.8, 4) is 22.4 Å². The average molecular weight is 506 g/mol. The van der Waals surface area contributed by atoms with Gasteiger partial charge in [-0.2, -0.15) is 5.10 Å².